The largest absolute Gasteiger partial charge is 0.338 e. The predicted octanol–water partition coefficient (Wildman–Crippen LogP) is 1.96. The minimum absolute atomic E-state index is 0.0103. The lowest BCUT2D eigenvalue weighted by molar-refractivity contribution is 0.208. The minimum Gasteiger partial charge on any atom is -0.338 e. The molecule has 0 saturated carbocycles. The van der Waals surface area contributed by atoms with E-state index in [2.05, 4.69) is 21.5 Å². The van der Waals surface area contributed by atoms with E-state index in [1.807, 2.05) is 24.8 Å². The van der Waals surface area contributed by atoms with Gasteiger partial charge >= 0.3 is 6.03 Å². The van der Waals surface area contributed by atoms with E-state index >= 15 is 0 Å². The highest BCUT2D eigenvalue weighted by Crippen LogP contribution is 2.17. The number of fused-ring (bicyclic) bond motifs is 1. The van der Waals surface area contributed by atoms with Gasteiger partial charge in [0, 0.05) is 31.0 Å². The van der Waals surface area contributed by atoms with Gasteiger partial charge in [0.2, 0.25) is 0 Å². The Morgan fingerprint density at radius 1 is 1.38 bits per heavy atom. The Morgan fingerprint density at radius 2 is 2.12 bits per heavy atom. The van der Waals surface area contributed by atoms with E-state index in [-0.39, 0.29) is 6.03 Å². The van der Waals surface area contributed by atoms with Crippen molar-refractivity contribution >= 4 is 11.7 Å². The van der Waals surface area contributed by atoms with E-state index in [9.17, 15) is 10.1 Å². The number of hydrogen-bond acceptors (Lipinski definition) is 4. The molecular formula is C17H22N6O. The van der Waals surface area contributed by atoms with Crippen LogP contribution >= 0.6 is 0 Å². The van der Waals surface area contributed by atoms with Gasteiger partial charge in [0.25, 0.3) is 0 Å². The number of carbonyl (C=O) groups excluding carboxylic acids is 1. The first-order chi connectivity index (χ1) is 11.6. The van der Waals surface area contributed by atoms with Gasteiger partial charge in [0.1, 0.15) is 11.6 Å². The van der Waals surface area contributed by atoms with Crippen LogP contribution in [0.3, 0.4) is 0 Å². The number of nitrogens with one attached hydrogen (secondary N) is 1. The number of rotatable bonds is 4. The summed E-state index contributed by atoms with van der Waals surface area (Å²) in [6, 6.07) is 4.18. The van der Waals surface area contributed by atoms with E-state index in [1.165, 1.54) is 0 Å². The van der Waals surface area contributed by atoms with Crippen molar-refractivity contribution in [3.63, 3.8) is 0 Å². The third-order valence-electron chi connectivity index (χ3n) is 4.34. The van der Waals surface area contributed by atoms with Gasteiger partial charge in [-0.2, -0.15) is 10.4 Å². The van der Waals surface area contributed by atoms with Crippen molar-refractivity contribution in [1.29, 1.82) is 5.26 Å². The predicted molar refractivity (Wildman–Crippen MR) is 89.7 cm³/mol. The van der Waals surface area contributed by atoms with Crippen molar-refractivity contribution in [3.8, 4) is 6.07 Å². The maximum absolute atomic E-state index is 11.9. The molecule has 7 heteroatoms. The van der Waals surface area contributed by atoms with Gasteiger partial charge < -0.3 is 10.2 Å². The maximum Gasteiger partial charge on any atom is 0.317 e. The van der Waals surface area contributed by atoms with Gasteiger partial charge in [-0.3, -0.25) is 0 Å². The SMILES string of the molecule is Cc1cc(C)n2nc(CCCNC(=O)N3CCCC3)c(C#N)c2n1. The third kappa shape index (κ3) is 3.18. The quantitative estimate of drug-likeness (QED) is 0.870. The van der Waals surface area contributed by atoms with Crippen molar-refractivity contribution in [3.05, 3.63) is 28.7 Å². The molecule has 1 aliphatic rings. The van der Waals surface area contributed by atoms with Crippen LogP contribution in [0.15, 0.2) is 6.07 Å². The number of aromatic nitrogens is 3. The highest BCUT2D eigenvalue weighted by molar-refractivity contribution is 5.74. The number of likely N-dealkylation sites (tertiary alicyclic amines) is 1. The number of nitriles is 1. The first kappa shape index (κ1) is 16.2. The van der Waals surface area contributed by atoms with E-state index in [4.69, 9.17) is 0 Å². The molecular weight excluding hydrogens is 304 g/mol. The summed E-state index contributed by atoms with van der Waals surface area (Å²) in [5.41, 5.74) is 3.73. The highest BCUT2D eigenvalue weighted by atomic mass is 16.2. The number of nitrogens with zero attached hydrogens (tertiary/aromatic N) is 5. The van der Waals surface area contributed by atoms with Crippen LogP contribution in [-0.4, -0.2) is 45.2 Å². The fourth-order valence-electron chi connectivity index (χ4n) is 3.14. The fourth-order valence-corrected chi connectivity index (χ4v) is 3.14. The smallest absolute Gasteiger partial charge is 0.317 e. The molecule has 1 N–H and O–H groups in total. The molecule has 1 fully saturated rings. The Bertz CT molecular complexity index is 797. The van der Waals surface area contributed by atoms with Crippen molar-refractivity contribution < 1.29 is 4.79 Å². The molecule has 0 bridgehead atoms. The molecule has 0 unspecified atom stereocenters. The molecule has 2 amide bonds. The lowest BCUT2D eigenvalue weighted by Crippen LogP contribution is -2.38. The zero-order valence-corrected chi connectivity index (χ0v) is 14.2. The number of amides is 2. The summed E-state index contributed by atoms with van der Waals surface area (Å²) in [6.07, 6.45) is 3.57. The minimum atomic E-state index is 0.0103. The van der Waals surface area contributed by atoms with Crippen LogP contribution in [0.4, 0.5) is 4.79 Å². The number of hydrogen-bond donors (Lipinski definition) is 1. The molecule has 3 heterocycles. The normalized spacial score (nSPS) is 14.1. The molecule has 126 valence electrons. The molecule has 0 spiro atoms. The van der Waals surface area contributed by atoms with Gasteiger partial charge in [-0.15, -0.1) is 0 Å². The van der Waals surface area contributed by atoms with Crippen LogP contribution in [0, 0.1) is 25.2 Å². The van der Waals surface area contributed by atoms with Gasteiger partial charge in [-0.25, -0.2) is 14.3 Å². The Labute approximate surface area is 141 Å². The molecule has 2 aromatic heterocycles. The van der Waals surface area contributed by atoms with Crippen LogP contribution in [0.5, 0.6) is 0 Å². The van der Waals surface area contributed by atoms with Crippen molar-refractivity contribution in [1.82, 2.24) is 24.8 Å². The lowest BCUT2D eigenvalue weighted by atomic mass is 10.1. The first-order valence-electron chi connectivity index (χ1n) is 8.39. The van der Waals surface area contributed by atoms with Crippen LogP contribution in [-0.2, 0) is 6.42 Å². The molecule has 0 aliphatic carbocycles. The fraction of sp³-hybridized carbons (Fsp3) is 0.529. The second kappa shape index (κ2) is 6.87. The molecule has 24 heavy (non-hydrogen) atoms. The first-order valence-corrected chi connectivity index (χ1v) is 8.39. The monoisotopic (exact) mass is 326 g/mol. The van der Waals surface area contributed by atoms with Crippen LogP contribution in [0.25, 0.3) is 5.65 Å². The van der Waals surface area contributed by atoms with Gasteiger partial charge in [-0.1, -0.05) is 0 Å². The summed E-state index contributed by atoms with van der Waals surface area (Å²) < 4.78 is 1.73. The average molecular weight is 326 g/mol. The molecule has 1 saturated heterocycles. The summed E-state index contributed by atoms with van der Waals surface area (Å²) in [6.45, 7) is 6.15. The second-order valence-electron chi connectivity index (χ2n) is 6.24. The van der Waals surface area contributed by atoms with Crippen molar-refractivity contribution in [2.24, 2.45) is 0 Å². The Morgan fingerprint density at radius 3 is 2.83 bits per heavy atom. The van der Waals surface area contributed by atoms with Gasteiger partial charge in [0.05, 0.1) is 5.69 Å². The molecule has 3 rings (SSSR count). The summed E-state index contributed by atoms with van der Waals surface area (Å²) in [5.74, 6) is 0. The van der Waals surface area contributed by atoms with Crippen molar-refractivity contribution in [2.45, 2.75) is 39.5 Å². The maximum atomic E-state index is 11.9. The molecule has 7 nitrogen and oxygen atoms in total. The van der Waals surface area contributed by atoms with Crippen molar-refractivity contribution in [2.75, 3.05) is 19.6 Å². The summed E-state index contributed by atoms with van der Waals surface area (Å²) >= 11 is 0. The van der Waals surface area contributed by atoms with E-state index < -0.39 is 0 Å². The molecule has 0 radical (unpaired) electrons. The van der Waals surface area contributed by atoms with E-state index in [0.29, 0.717) is 24.2 Å². The zero-order chi connectivity index (χ0) is 17.1. The van der Waals surface area contributed by atoms with Crippen LogP contribution in [0.1, 0.15) is 41.9 Å². The summed E-state index contributed by atoms with van der Waals surface area (Å²) in [5, 5.41) is 16.9. The number of urea groups is 1. The highest BCUT2D eigenvalue weighted by Gasteiger charge is 2.18. The van der Waals surface area contributed by atoms with E-state index in [1.54, 1.807) is 4.52 Å². The second-order valence-corrected chi connectivity index (χ2v) is 6.24. The lowest BCUT2D eigenvalue weighted by Gasteiger charge is -2.15. The average Bonchev–Trinajstić information content (AvgIpc) is 3.19. The molecule has 2 aromatic rings. The van der Waals surface area contributed by atoms with Crippen LogP contribution < -0.4 is 5.32 Å². The summed E-state index contributed by atoms with van der Waals surface area (Å²) in [7, 11) is 0. The molecule has 0 atom stereocenters. The summed E-state index contributed by atoms with van der Waals surface area (Å²) in [4.78, 5) is 18.2. The van der Waals surface area contributed by atoms with E-state index in [0.717, 1.165) is 49.4 Å². The van der Waals surface area contributed by atoms with Gasteiger partial charge in [0.15, 0.2) is 5.65 Å². The number of aryl methyl sites for hydroxylation is 3. The standard InChI is InChI=1S/C17H22N6O/c1-12-10-13(2)23-16(20-12)14(11-18)15(21-23)6-5-7-19-17(24)22-8-3-4-9-22/h10H,3-9H2,1-2H3,(H,19,24). The Balaban J connectivity index is 1.64. The zero-order valence-electron chi connectivity index (χ0n) is 14.2. The third-order valence-corrected chi connectivity index (χ3v) is 4.34. The number of carbonyl (C=O) groups is 1. The molecule has 1 aliphatic heterocycles. The van der Waals surface area contributed by atoms with Gasteiger partial charge in [-0.05, 0) is 45.6 Å². The Hall–Kier alpha value is -2.62. The molecule has 0 aromatic carbocycles. The topological polar surface area (TPSA) is 86.3 Å². The van der Waals surface area contributed by atoms with Crippen LogP contribution in [0.2, 0.25) is 0 Å². The Kier molecular flexibility index (Phi) is 4.65.